The number of hydrogen-bond donors (Lipinski definition) is 0. The summed E-state index contributed by atoms with van der Waals surface area (Å²) < 4.78 is 17.7. The Morgan fingerprint density at radius 1 is 0.957 bits per heavy atom. The molecule has 9 nitrogen and oxygen atoms in total. The van der Waals surface area contributed by atoms with Gasteiger partial charge in [0.1, 0.15) is 18.2 Å². The first-order valence-corrected chi connectivity index (χ1v) is 19.7. The molecule has 4 rings (SSSR count). The van der Waals surface area contributed by atoms with Gasteiger partial charge >= 0.3 is 12.1 Å². The average Bonchev–Trinajstić information content (AvgIpc) is 3.45. The third-order valence-electron chi connectivity index (χ3n) is 10.1. The number of rotatable bonds is 11. The molecule has 2 amide bonds. The van der Waals surface area contributed by atoms with Crippen LogP contribution in [0.15, 0.2) is 54.6 Å². The molecule has 1 saturated heterocycles. The molecule has 0 aliphatic carbocycles. The molecule has 2 aliphatic heterocycles. The number of nitrogens with zero attached hydrogens (tertiary/aromatic N) is 2. The number of hydrogen-bond acceptors (Lipinski definition) is 7. The Labute approximate surface area is 281 Å². The number of methoxy groups -OCH3 is 1. The van der Waals surface area contributed by atoms with Crippen molar-refractivity contribution in [2.45, 2.75) is 103 Å². The van der Waals surface area contributed by atoms with Crippen molar-refractivity contribution in [1.29, 1.82) is 0 Å². The number of ether oxygens (including phenoxy) is 2. The summed E-state index contributed by atoms with van der Waals surface area (Å²) in [5.74, 6) is -1.90. The lowest BCUT2D eigenvalue weighted by atomic mass is 9.87. The van der Waals surface area contributed by atoms with Gasteiger partial charge in [0.25, 0.3) is 0 Å². The van der Waals surface area contributed by atoms with Crippen LogP contribution in [0.5, 0.6) is 0 Å². The van der Waals surface area contributed by atoms with Crippen LogP contribution < -0.4 is 0 Å². The standard InChI is InChI=1S/C37H52N2O7Si/c1-25(2)30(22-32(40)33(20-26-14-10-9-11-15-26)46-47(7,8)37(3,4)5)34(41)39-24-29(21-31(39)35(42)44-6)45-36(43)38-19-18-27-16-12-13-17-28(27)23-38/h9-17,25,29-31,33H,18-24H2,1-8H3/t29-,30+,31+,33+/m1/s1. The van der Waals surface area contributed by atoms with Gasteiger partial charge in [0.05, 0.1) is 13.7 Å². The minimum absolute atomic E-state index is 0.0232. The lowest BCUT2D eigenvalue weighted by Gasteiger charge is -2.39. The normalized spacial score (nSPS) is 19.6. The van der Waals surface area contributed by atoms with Crippen LogP contribution in [0.1, 0.15) is 64.2 Å². The number of likely N-dealkylation sites (tertiary alicyclic amines) is 1. The van der Waals surface area contributed by atoms with Crippen molar-refractivity contribution < 1.29 is 33.1 Å². The molecule has 47 heavy (non-hydrogen) atoms. The summed E-state index contributed by atoms with van der Waals surface area (Å²) in [7, 11) is -1.05. The molecule has 2 aromatic rings. The minimum atomic E-state index is -2.34. The number of fused-ring (bicyclic) bond motifs is 1. The third-order valence-corrected chi connectivity index (χ3v) is 14.6. The summed E-state index contributed by atoms with van der Waals surface area (Å²) in [6.07, 6.45) is -0.582. The van der Waals surface area contributed by atoms with Crippen molar-refractivity contribution in [3.63, 3.8) is 0 Å². The van der Waals surface area contributed by atoms with E-state index in [0.717, 1.165) is 17.5 Å². The fourth-order valence-electron chi connectivity index (χ4n) is 6.11. The van der Waals surface area contributed by atoms with E-state index in [9.17, 15) is 19.2 Å². The van der Waals surface area contributed by atoms with E-state index < -0.39 is 44.5 Å². The molecule has 0 radical (unpaired) electrons. The van der Waals surface area contributed by atoms with Crippen molar-refractivity contribution in [2.24, 2.45) is 11.8 Å². The van der Waals surface area contributed by atoms with Gasteiger partial charge in [0, 0.05) is 38.3 Å². The lowest BCUT2D eigenvalue weighted by Crippen LogP contribution is -2.49. The van der Waals surface area contributed by atoms with Gasteiger partial charge in [-0.1, -0.05) is 89.2 Å². The van der Waals surface area contributed by atoms with Crippen LogP contribution in [0, 0.1) is 11.8 Å². The highest BCUT2D eigenvalue weighted by Crippen LogP contribution is 2.38. The number of esters is 1. The minimum Gasteiger partial charge on any atom is -0.467 e. The molecule has 0 N–H and O–H groups in total. The smallest absolute Gasteiger partial charge is 0.410 e. The lowest BCUT2D eigenvalue weighted by molar-refractivity contribution is -0.153. The molecule has 2 aromatic carbocycles. The van der Waals surface area contributed by atoms with Gasteiger partial charge in [-0.25, -0.2) is 9.59 Å². The summed E-state index contributed by atoms with van der Waals surface area (Å²) in [5.41, 5.74) is 3.29. The van der Waals surface area contributed by atoms with E-state index in [1.165, 1.54) is 17.6 Å². The molecule has 256 valence electrons. The molecular weight excluding hydrogens is 613 g/mol. The molecule has 4 atom stereocenters. The summed E-state index contributed by atoms with van der Waals surface area (Å²) >= 11 is 0. The van der Waals surface area contributed by atoms with E-state index in [1.54, 1.807) is 4.90 Å². The first kappa shape index (κ1) is 36.3. The van der Waals surface area contributed by atoms with Crippen LogP contribution in [0.25, 0.3) is 0 Å². The molecule has 0 saturated carbocycles. The molecule has 0 bridgehead atoms. The van der Waals surface area contributed by atoms with E-state index in [4.69, 9.17) is 13.9 Å². The second kappa shape index (κ2) is 15.2. The van der Waals surface area contributed by atoms with Gasteiger partial charge in [0.15, 0.2) is 14.1 Å². The number of ketones is 1. The Bertz CT molecular complexity index is 1420. The highest BCUT2D eigenvalue weighted by molar-refractivity contribution is 6.74. The summed E-state index contributed by atoms with van der Waals surface area (Å²) in [5, 5.41) is -0.108. The zero-order valence-electron chi connectivity index (χ0n) is 29.3. The number of benzene rings is 2. The van der Waals surface area contributed by atoms with Gasteiger partial charge < -0.3 is 23.7 Å². The Hall–Kier alpha value is -3.50. The van der Waals surface area contributed by atoms with Crippen molar-refractivity contribution >= 4 is 32.1 Å². The summed E-state index contributed by atoms with van der Waals surface area (Å²) in [4.78, 5) is 57.6. The third kappa shape index (κ3) is 8.90. The van der Waals surface area contributed by atoms with E-state index in [-0.39, 0.29) is 42.0 Å². The van der Waals surface area contributed by atoms with Crippen molar-refractivity contribution in [1.82, 2.24) is 9.80 Å². The molecule has 2 aliphatic rings. The summed E-state index contributed by atoms with van der Waals surface area (Å²) in [6.45, 7) is 15.5. The predicted molar refractivity (Wildman–Crippen MR) is 183 cm³/mol. The molecule has 0 spiro atoms. The van der Waals surface area contributed by atoms with Crippen molar-refractivity contribution in [3.05, 3.63) is 71.3 Å². The molecule has 0 unspecified atom stereocenters. The van der Waals surface area contributed by atoms with E-state index in [2.05, 4.69) is 39.9 Å². The quantitative estimate of drug-likeness (QED) is 0.209. The molecule has 0 aromatic heterocycles. The molecular formula is C37H52N2O7Si. The van der Waals surface area contributed by atoms with Gasteiger partial charge in [-0.15, -0.1) is 0 Å². The van der Waals surface area contributed by atoms with Crippen LogP contribution in [0.4, 0.5) is 4.79 Å². The number of carbonyl (C=O) groups is 4. The number of carbonyl (C=O) groups excluding carboxylic acids is 4. The number of amides is 2. The second-order valence-corrected chi connectivity index (χ2v) is 19.5. The van der Waals surface area contributed by atoms with Gasteiger partial charge in [-0.3, -0.25) is 9.59 Å². The van der Waals surface area contributed by atoms with Crippen LogP contribution in [0.3, 0.4) is 0 Å². The summed E-state index contributed by atoms with van der Waals surface area (Å²) in [6, 6.07) is 16.9. The van der Waals surface area contributed by atoms with Crippen LogP contribution >= 0.6 is 0 Å². The van der Waals surface area contributed by atoms with E-state index in [1.807, 2.05) is 62.4 Å². The Morgan fingerprint density at radius 3 is 2.21 bits per heavy atom. The topological polar surface area (TPSA) is 102 Å². The predicted octanol–water partition coefficient (Wildman–Crippen LogP) is 6.19. The van der Waals surface area contributed by atoms with Gasteiger partial charge in [-0.05, 0) is 47.2 Å². The van der Waals surface area contributed by atoms with Gasteiger partial charge in [0.2, 0.25) is 5.91 Å². The first-order chi connectivity index (χ1) is 22.1. The Morgan fingerprint density at radius 2 is 1.60 bits per heavy atom. The van der Waals surface area contributed by atoms with Gasteiger partial charge in [-0.2, -0.15) is 0 Å². The highest BCUT2D eigenvalue weighted by Gasteiger charge is 2.46. The molecule has 10 heteroatoms. The highest BCUT2D eigenvalue weighted by atomic mass is 28.4. The number of Topliss-reactive ketones (excluding diaryl/α,β-unsaturated/α-hetero) is 1. The zero-order chi connectivity index (χ0) is 34.5. The first-order valence-electron chi connectivity index (χ1n) is 16.8. The van der Waals surface area contributed by atoms with E-state index >= 15 is 0 Å². The van der Waals surface area contributed by atoms with Crippen molar-refractivity contribution in [3.8, 4) is 0 Å². The maximum atomic E-state index is 14.2. The Balaban J connectivity index is 1.50. The Kier molecular flexibility index (Phi) is 11.7. The molecule has 2 heterocycles. The monoisotopic (exact) mass is 664 g/mol. The van der Waals surface area contributed by atoms with Crippen LogP contribution in [0.2, 0.25) is 18.1 Å². The maximum absolute atomic E-state index is 14.2. The van der Waals surface area contributed by atoms with E-state index in [0.29, 0.717) is 19.5 Å². The van der Waals surface area contributed by atoms with Crippen molar-refractivity contribution in [2.75, 3.05) is 20.2 Å². The average molecular weight is 665 g/mol. The SMILES string of the molecule is COC(=O)[C@@H]1C[C@@H](OC(=O)N2CCc3ccccc3C2)CN1C(=O)[C@@H](CC(=O)[C@H](Cc1ccccc1)O[Si](C)(C)C(C)(C)C)C(C)C. The maximum Gasteiger partial charge on any atom is 0.410 e. The fourth-order valence-corrected chi connectivity index (χ4v) is 7.39. The zero-order valence-corrected chi connectivity index (χ0v) is 30.3. The van der Waals surface area contributed by atoms with Crippen LogP contribution in [-0.2, 0) is 47.7 Å². The molecule has 1 fully saturated rings. The largest absolute Gasteiger partial charge is 0.467 e. The van der Waals surface area contributed by atoms with Crippen LogP contribution in [-0.4, -0.2) is 80.3 Å². The fraction of sp³-hybridized carbons (Fsp3) is 0.568. The second-order valence-electron chi connectivity index (χ2n) is 14.8.